The summed E-state index contributed by atoms with van der Waals surface area (Å²) in [6.45, 7) is 6.26. The molecule has 1 aliphatic carbocycles. The largest absolute Gasteiger partial charge is 0.395 e. The number of hydrogen-bond donors (Lipinski definition) is 3. The number of hydrogen-bond acceptors (Lipinski definition) is 10. The van der Waals surface area contributed by atoms with E-state index in [4.69, 9.17) is 9.97 Å². The number of aliphatic hydroxyl groups excluding tert-OH is 1. The summed E-state index contributed by atoms with van der Waals surface area (Å²) in [7, 11) is 1.99. The number of aliphatic hydroxyl groups is 1. The van der Waals surface area contributed by atoms with E-state index in [0.29, 0.717) is 12.5 Å². The third kappa shape index (κ3) is 6.12. The van der Waals surface area contributed by atoms with Crippen LogP contribution in [-0.4, -0.2) is 70.2 Å². The van der Waals surface area contributed by atoms with Crippen molar-refractivity contribution in [2.24, 2.45) is 13.0 Å². The van der Waals surface area contributed by atoms with Crippen LogP contribution >= 0.6 is 23.1 Å². The van der Waals surface area contributed by atoms with Crippen molar-refractivity contribution in [2.75, 3.05) is 54.9 Å². The van der Waals surface area contributed by atoms with E-state index in [-0.39, 0.29) is 18.4 Å². The Hall–Kier alpha value is -2.80. The number of rotatable bonds is 9. The van der Waals surface area contributed by atoms with Crippen molar-refractivity contribution in [3.63, 3.8) is 0 Å². The van der Waals surface area contributed by atoms with E-state index in [1.807, 2.05) is 49.0 Å². The number of amides is 1. The van der Waals surface area contributed by atoms with E-state index in [2.05, 4.69) is 25.4 Å². The number of aromatic nitrogens is 4. The van der Waals surface area contributed by atoms with Crippen LogP contribution in [0.5, 0.6) is 0 Å². The Balaban J connectivity index is 1.37. The second-order valence-corrected chi connectivity index (χ2v) is 11.3. The van der Waals surface area contributed by atoms with Gasteiger partial charge in [0.15, 0.2) is 5.13 Å². The molecule has 0 unspecified atom stereocenters. The van der Waals surface area contributed by atoms with Gasteiger partial charge in [-0.25, -0.2) is 9.55 Å². The maximum Gasteiger partial charge on any atom is 0.354 e. The number of carbonyl (C=O) groups excluding carboxylic acids is 1. The Morgan fingerprint density at radius 2 is 1.94 bits per heavy atom. The molecule has 3 aromatic rings. The monoisotopic (exact) mass is 527 g/mol. The van der Waals surface area contributed by atoms with Crippen molar-refractivity contribution in [3.05, 3.63) is 35.3 Å². The van der Waals surface area contributed by atoms with E-state index in [9.17, 15) is 9.90 Å². The maximum atomic E-state index is 12.1. The first-order valence-corrected chi connectivity index (χ1v) is 13.8. The van der Waals surface area contributed by atoms with Gasteiger partial charge in [0, 0.05) is 47.2 Å². The van der Waals surface area contributed by atoms with Crippen molar-refractivity contribution in [1.29, 1.82) is 0 Å². The van der Waals surface area contributed by atoms with Gasteiger partial charge < -0.3 is 10.4 Å². The van der Waals surface area contributed by atoms with E-state index in [1.54, 1.807) is 23.1 Å². The summed E-state index contributed by atoms with van der Waals surface area (Å²) in [4.78, 5) is 32.8. The Morgan fingerprint density at radius 1 is 1.19 bits per heavy atom. The van der Waals surface area contributed by atoms with Crippen molar-refractivity contribution < 1.29 is 14.5 Å². The van der Waals surface area contributed by atoms with Gasteiger partial charge in [0.1, 0.15) is 0 Å². The first-order valence-electron chi connectivity index (χ1n) is 12.1. The molecule has 0 bridgehead atoms. The lowest BCUT2D eigenvalue weighted by atomic mass is 10.3. The Labute approximate surface area is 218 Å². The Kier molecular flexibility index (Phi) is 7.65. The van der Waals surface area contributed by atoms with Gasteiger partial charge in [0.25, 0.3) is 5.16 Å². The number of piperazine rings is 1. The minimum atomic E-state index is 0.106. The summed E-state index contributed by atoms with van der Waals surface area (Å²) in [6.07, 6.45) is 3.80. The van der Waals surface area contributed by atoms with Crippen LogP contribution < -0.4 is 20.1 Å². The molecule has 36 heavy (non-hydrogen) atoms. The van der Waals surface area contributed by atoms with Gasteiger partial charge in [-0.15, -0.1) is 11.3 Å². The highest BCUT2D eigenvalue weighted by molar-refractivity contribution is 7.99. The number of carbonyl (C=O) groups is 1. The van der Waals surface area contributed by atoms with Crippen LogP contribution in [0.3, 0.4) is 0 Å². The molecule has 3 heterocycles. The predicted molar refractivity (Wildman–Crippen MR) is 141 cm³/mol. The first-order chi connectivity index (χ1) is 17.5. The van der Waals surface area contributed by atoms with Gasteiger partial charge in [-0.2, -0.15) is 0 Å². The molecule has 1 aliphatic heterocycles. The van der Waals surface area contributed by atoms with Gasteiger partial charge in [0.05, 0.1) is 26.7 Å². The number of aryl methyl sites for hydroxylation is 1. The highest BCUT2D eigenvalue weighted by Gasteiger charge is 2.30. The van der Waals surface area contributed by atoms with Crippen LogP contribution in [0, 0.1) is 12.8 Å². The van der Waals surface area contributed by atoms with E-state index in [1.165, 1.54) is 0 Å². The van der Waals surface area contributed by atoms with Crippen LogP contribution in [0.1, 0.15) is 17.7 Å². The summed E-state index contributed by atoms with van der Waals surface area (Å²) in [5.41, 5.74) is 0.811. The van der Waals surface area contributed by atoms with Crippen molar-refractivity contribution >= 4 is 51.7 Å². The molecule has 3 N–H and O–H groups in total. The average Bonchev–Trinajstić information content (AvgIpc) is 3.65. The second-order valence-electron chi connectivity index (χ2n) is 9.03. The van der Waals surface area contributed by atoms with Crippen LogP contribution in [0.4, 0.5) is 22.7 Å². The summed E-state index contributed by atoms with van der Waals surface area (Å²) in [5, 5.41) is 17.1. The van der Waals surface area contributed by atoms with E-state index in [0.717, 1.165) is 70.7 Å². The number of anilines is 4. The molecule has 0 radical (unpaired) electrons. The molecule has 12 heteroatoms. The smallest absolute Gasteiger partial charge is 0.354 e. The van der Waals surface area contributed by atoms with E-state index >= 15 is 0 Å². The molecule has 1 saturated heterocycles. The fourth-order valence-corrected chi connectivity index (χ4v) is 5.49. The summed E-state index contributed by atoms with van der Waals surface area (Å²) >= 11 is 3.11. The van der Waals surface area contributed by atoms with Gasteiger partial charge in [-0.05, 0) is 55.8 Å². The molecule has 1 aromatic carbocycles. The standard InChI is InChI=1S/C24H30N8O2S2/c1-16-15-25-22(35-16)27-21-28-23(32-11-9-31(10-12-32)13-14-33)30(2)24(29-21)36-19-7-5-18(6-8-19)26-20(34)17-3-4-17/h5-8,15,17,33H,3-4,9-14H2,1-2H3,(H,26,34)/p+1. The molecule has 0 atom stereocenters. The number of benzene rings is 1. The lowest BCUT2D eigenvalue weighted by Crippen LogP contribution is -2.52. The molecule has 0 spiro atoms. The molecule has 2 aliphatic rings. The maximum absolute atomic E-state index is 12.1. The summed E-state index contributed by atoms with van der Waals surface area (Å²) < 4.78 is 2.02. The molecule has 1 amide bonds. The topological polar surface area (TPSA) is 110 Å². The van der Waals surface area contributed by atoms with Crippen LogP contribution in [-0.2, 0) is 11.8 Å². The van der Waals surface area contributed by atoms with Gasteiger partial charge in [-0.1, -0.05) is 9.97 Å². The number of thiazole rings is 1. The van der Waals surface area contributed by atoms with E-state index < -0.39 is 0 Å². The number of nitrogens with zero attached hydrogens (tertiary/aromatic N) is 6. The lowest BCUT2D eigenvalue weighted by molar-refractivity contribution is -0.703. The van der Waals surface area contributed by atoms with Crippen molar-refractivity contribution in [2.45, 2.75) is 29.8 Å². The third-order valence-corrected chi connectivity index (χ3v) is 8.07. The van der Waals surface area contributed by atoms with Crippen LogP contribution in [0.25, 0.3) is 0 Å². The summed E-state index contributed by atoms with van der Waals surface area (Å²) in [5.74, 6) is 1.62. The highest BCUT2D eigenvalue weighted by Crippen LogP contribution is 2.31. The average molecular weight is 528 g/mol. The highest BCUT2D eigenvalue weighted by atomic mass is 32.2. The number of β-amino-alcohol motifs (C(OH)–C–C–N with tert-alkyl or cyclic N) is 1. The Morgan fingerprint density at radius 3 is 2.58 bits per heavy atom. The molecule has 2 fully saturated rings. The quantitative estimate of drug-likeness (QED) is 0.361. The van der Waals surface area contributed by atoms with Gasteiger partial charge in [-0.3, -0.25) is 19.9 Å². The molecule has 2 aromatic heterocycles. The van der Waals surface area contributed by atoms with Crippen molar-refractivity contribution in [3.8, 4) is 0 Å². The minimum absolute atomic E-state index is 0.106. The molecule has 190 valence electrons. The zero-order chi connectivity index (χ0) is 25.1. The fourth-order valence-electron chi connectivity index (χ4n) is 4.00. The van der Waals surface area contributed by atoms with Crippen LogP contribution in [0.15, 0.2) is 40.5 Å². The molecular weight excluding hydrogens is 496 g/mol. The first kappa shape index (κ1) is 24.9. The zero-order valence-electron chi connectivity index (χ0n) is 20.5. The molecule has 5 rings (SSSR count). The fraction of sp³-hybridized carbons (Fsp3) is 0.458. The number of nitrogens with one attached hydrogen (secondary N) is 2. The molecular formula is C24H31N8O2S2+. The van der Waals surface area contributed by atoms with Gasteiger partial charge in [0.2, 0.25) is 5.91 Å². The van der Waals surface area contributed by atoms with Crippen molar-refractivity contribution in [1.82, 2.24) is 19.9 Å². The van der Waals surface area contributed by atoms with Crippen LogP contribution in [0.2, 0.25) is 0 Å². The Bertz CT molecular complexity index is 1210. The second kappa shape index (κ2) is 11.1. The molecule has 1 saturated carbocycles. The summed E-state index contributed by atoms with van der Waals surface area (Å²) in [6, 6.07) is 7.87. The predicted octanol–water partition coefficient (Wildman–Crippen LogP) is 2.42. The normalized spacial score (nSPS) is 16.2. The van der Waals surface area contributed by atoms with Gasteiger partial charge >= 0.3 is 11.9 Å². The lowest BCUT2D eigenvalue weighted by Gasteiger charge is -2.32. The third-order valence-electron chi connectivity index (χ3n) is 6.18. The molecule has 10 nitrogen and oxygen atoms in total. The SMILES string of the molecule is Cc1cnc(Nc2nc(Sc3ccc(NC(=O)C4CC4)cc3)[n+](C)c(N3CCN(CCO)CC3)n2)s1. The minimum Gasteiger partial charge on any atom is -0.395 e. The zero-order valence-corrected chi connectivity index (χ0v) is 22.1.